The van der Waals surface area contributed by atoms with E-state index >= 15 is 0 Å². The topological polar surface area (TPSA) is 76.9 Å². The molecule has 0 saturated carbocycles. The van der Waals surface area contributed by atoms with Crippen molar-refractivity contribution >= 4 is 12.0 Å². The molecule has 2 aliphatic heterocycles. The zero-order chi connectivity index (χ0) is 22.9. The quantitative estimate of drug-likeness (QED) is 0.730. The number of carbonyl (C=O) groups is 2. The second kappa shape index (κ2) is 8.94. The Kier molecular flexibility index (Phi) is 6.24. The van der Waals surface area contributed by atoms with Gasteiger partial charge in [0.25, 0.3) is 5.91 Å². The Hall–Kier alpha value is -2.87. The molecule has 0 N–H and O–H groups in total. The molecule has 1 aromatic heterocycles. The molecule has 0 bridgehead atoms. The van der Waals surface area contributed by atoms with Gasteiger partial charge in [0.1, 0.15) is 11.4 Å². The largest absolute Gasteiger partial charge is 0.444 e. The van der Waals surface area contributed by atoms with Crippen LogP contribution in [-0.2, 0) is 22.6 Å². The van der Waals surface area contributed by atoms with Crippen molar-refractivity contribution < 1.29 is 19.1 Å². The Morgan fingerprint density at radius 2 is 1.81 bits per heavy atom. The van der Waals surface area contributed by atoms with E-state index in [0.29, 0.717) is 32.0 Å². The van der Waals surface area contributed by atoms with Gasteiger partial charge in [0, 0.05) is 45.0 Å². The minimum absolute atomic E-state index is 0.117. The Morgan fingerprint density at radius 3 is 2.47 bits per heavy atom. The number of rotatable bonds is 3. The molecule has 0 spiro atoms. The van der Waals surface area contributed by atoms with Gasteiger partial charge in [-0.3, -0.25) is 4.79 Å². The first-order valence-electron chi connectivity index (χ1n) is 11.2. The summed E-state index contributed by atoms with van der Waals surface area (Å²) < 4.78 is 13.1. The summed E-state index contributed by atoms with van der Waals surface area (Å²) in [6, 6.07) is 9.99. The highest BCUT2D eigenvalue weighted by atomic mass is 16.6. The number of ether oxygens (including phenoxy) is 2. The van der Waals surface area contributed by atoms with Crippen LogP contribution in [0.4, 0.5) is 4.79 Å². The minimum Gasteiger partial charge on any atom is -0.444 e. The van der Waals surface area contributed by atoms with Gasteiger partial charge >= 0.3 is 6.09 Å². The van der Waals surface area contributed by atoms with Gasteiger partial charge in [-0.1, -0.05) is 30.3 Å². The van der Waals surface area contributed by atoms with Crippen LogP contribution in [0.15, 0.2) is 30.3 Å². The van der Waals surface area contributed by atoms with Crippen LogP contribution in [0.25, 0.3) is 11.4 Å². The fourth-order valence-corrected chi connectivity index (χ4v) is 4.23. The summed E-state index contributed by atoms with van der Waals surface area (Å²) in [7, 11) is 1.83. The van der Waals surface area contributed by atoms with Gasteiger partial charge in [-0.05, 0) is 33.6 Å². The second-order valence-corrected chi connectivity index (χ2v) is 9.41. The van der Waals surface area contributed by atoms with Gasteiger partial charge in [0.15, 0.2) is 5.69 Å². The van der Waals surface area contributed by atoms with Crippen LogP contribution in [-0.4, -0.2) is 69.8 Å². The lowest BCUT2D eigenvalue weighted by Gasteiger charge is -2.33. The predicted molar refractivity (Wildman–Crippen MR) is 120 cm³/mol. The summed E-state index contributed by atoms with van der Waals surface area (Å²) in [5.41, 5.74) is 1.54. The first-order chi connectivity index (χ1) is 15.2. The van der Waals surface area contributed by atoms with E-state index in [4.69, 9.17) is 14.5 Å². The van der Waals surface area contributed by atoms with Crippen LogP contribution in [0.2, 0.25) is 0 Å². The lowest BCUT2D eigenvalue weighted by molar-refractivity contribution is 0.0194. The van der Waals surface area contributed by atoms with E-state index < -0.39 is 5.60 Å². The number of amides is 2. The van der Waals surface area contributed by atoms with Crippen molar-refractivity contribution in [1.82, 2.24) is 19.4 Å². The Morgan fingerprint density at radius 1 is 1.12 bits per heavy atom. The van der Waals surface area contributed by atoms with E-state index in [1.165, 1.54) is 0 Å². The van der Waals surface area contributed by atoms with Gasteiger partial charge in [-0.2, -0.15) is 0 Å². The fraction of sp³-hybridized carbons (Fsp3) is 0.542. The van der Waals surface area contributed by atoms with Crippen LogP contribution in [0.5, 0.6) is 0 Å². The molecule has 8 heteroatoms. The number of aromatic nitrogens is 2. The van der Waals surface area contributed by atoms with Crippen molar-refractivity contribution in [2.24, 2.45) is 0 Å². The lowest BCUT2D eigenvalue weighted by Crippen LogP contribution is -2.43. The van der Waals surface area contributed by atoms with Crippen molar-refractivity contribution in [3.63, 3.8) is 0 Å². The van der Waals surface area contributed by atoms with Gasteiger partial charge in [0.05, 0.1) is 12.2 Å². The average Bonchev–Trinajstić information content (AvgIpc) is 3.17. The Bertz CT molecular complexity index is 974. The van der Waals surface area contributed by atoms with Gasteiger partial charge in [-0.25, -0.2) is 9.78 Å². The molecular formula is C24H32N4O4. The predicted octanol–water partition coefficient (Wildman–Crippen LogP) is 3.55. The monoisotopic (exact) mass is 440 g/mol. The maximum absolute atomic E-state index is 13.5. The maximum Gasteiger partial charge on any atom is 0.410 e. The molecule has 0 radical (unpaired) electrons. The van der Waals surface area contributed by atoms with E-state index in [9.17, 15) is 9.59 Å². The van der Waals surface area contributed by atoms with Gasteiger partial charge in [-0.15, -0.1) is 0 Å². The summed E-state index contributed by atoms with van der Waals surface area (Å²) >= 11 is 0. The van der Waals surface area contributed by atoms with Gasteiger partial charge < -0.3 is 23.8 Å². The van der Waals surface area contributed by atoms with Crippen LogP contribution >= 0.6 is 0 Å². The van der Waals surface area contributed by atoms with E-state index in [0.717, 1.165) is 29.9 Å². The number of imidazole rings is 1. The number of nitrogens with zero attached hydrogens (tertiary/aromatic N) is 4. The summed E-state index contributed by atoms with van der Waals surface area (Å²) in [6.45, 7) is 8.22. The summed E-state index contributed by atoms with van der Waals surface area (Å²) in [5.74, 6) is 0.641. The maximum atomic E-state index is 13.5. The van der Waals surface area contributed by atoms with Crippen molar-refractivity contribution in [3.05, 3.63) is 41.7 Å². The van der Waals surface area contributed by atoms with Crippen LogP contribution in [0.3, 0.4) is 0 Å². The number of benzene rings is 1. The third kappa shape index (κ3) is 4.65. The number of fused-ring (bicyclic) bond motifs is 1. The van der Waals surface area contributed by atoms with Crippen molar-refractivity contribution in [2.45, 2.75) is 58.3 Å². The average molecular weight is 441 g/mol. The Balaban J connectivity index is 1.68. The molecule has 0 unspecified atom stereocenters. The lowest BCUT2D eigenvalue weighted by atomic mass is 10.1. The van der Waals surface area contributed by atoms with Gasteiger partial charge in [0.2, 0.25) is 0 Å². The zero-order valence-electron chi connectivity index (χ0n) is 19.3. The van der Waals surface area contributed by atoms with E-state index in [-0.39, 0.29) is 24.6 Å². The van der Waals surface area contributed by atoms with Crippen molar-refractivity contribution in [2.75, 3.05) is 26.8 Å². The molecule has 0 atom stereocenters. The molecule has 32 heavy (non-hydrogen) atoms. The molecule has 8 nitrogen and oxygen atoms in total. The van der Waals surface area contributed by atoms with Crippen LogP contribution in [0.1, 0.15) is 49.8 Å². The first kappa shape index (κ1) is 22.3. The number of hydrogen-bond acceptors (Lipinski definition) is 5. The number of carbonyl (C=O) groups excluding carboxylic acids is 2. The molecule has 2 amide bonds. The Labute approximate surface area is 189 Å². The first-order valence-corrected chi connectivity index (χ1v) is 11.2. The molecule has 1 fully saturated rings. The standard InChI is InChI=1S/C24H32N4O4/c1-24(2,3)32-23(30)27-12-13-28-19(16-27)20(25-21(28)17-8-6-5-7-9-17)22(29)26(4)18-10-14-31-15-11-18/h5-9,18H,10-16H2,1-4H3. The second-order valence-electron chi connectivity index (χ2n) is 9.41. The normalized spacial score (nSPS) is 17.1. The van der Waals surface area contributed by atoms with E-state index in [1.54, 1.807) is 9.80 Å². The summed E-state index contributed by atoms with van der Waals surface area (Å²) in [6.07, 6.45) is 1.25. The fourth-order valence-electron chi connectivity index (χ4n) is 4.23. The molecule has 0 aliphatic carbocycles. The highest BCUT2D eigenvalue weighted by Crippen LogP contribution is 2.29. The zero-order valence-corrected chi connectivity index (χ0v) is 19.3. The van der Waals surface area contributed by atoms with E-state index in [2.05, 4.69) is 4.57 Å². The third-order valence-electron chi connectivity index (χ3n) is 5.95. The number of hydrogen-bond donors (Lipinski definition) is 0. The summed E-state index contributed by atoms with van der Waals surface area (Å²) in [5, 5.41) is 0. The molecular weight excluding hydrogens is 408 g/mol. The SMILES string of the molecule is CN(C(=O)c1nc(-c2ccccc2)n2c1CN(C(=O)OC(C)(C)C)CC2)C1CCOCC1. The third-order valence-corrected chi connectivity index (χ3v) is 5.95. The molecule has 2 aliphatic rings. The molecule has 3 heterocycles. The molecule has 172 valence electrons. The van der Waals surface area contributed by atoms with Crippen LogP contribution < -0.4 is 0 Å². The molecule has 2 aromatic rings. The minimum atomic E-state index is -0.577. The molecule has 1 aromatic carbocycles. The van der Waals surface area contributed by atoms with E-state index in [1.807, 2.05) is 58.2 Å². The van der Waals surface area contributed by atoms with Crippen molar-refractivity contribution in [1.29, 1.82) is 0 Å². The van der Waals surface area contributed by atoms with Crippen molar-refractivity contribution in [3.8, 4) is 11.4 Å². The smallest absolute Gasteiger partial charge is 0.410 e. The highest BCUT2D eigenvalue weighted by Gasteiger charge is 2.34. The molecule has 1 saturated heterocycles. The summed E-state index contributed by atoms with van der Waals surface area (Å²) in [4.78, 5) is 34.5. The highest BCUT2D eigenvalue weighted by molar-refractivity contribution is 5.94. The van der Waals surface area contributed by atoms with Crippen LogP contribution in [0, 0.1) is 0 Å². The molecule has 4 rings (SSSR count).